The summed E-state index contributed by atoms with van der Waals surface area (Å²) < 4.78 is 7.46. The summed E-state index contributed by atoms with van der Waals surface area (Å²) in [5.41, 5.74) is 1.96. The van der Waals surface area contributed by atoms with Gasteiger partial charge >= 0.3 is 0 Å². The van der Waals surface area contributed by atoms with Crippen molar-refractivity contribution in [2.75, 3.05) is 0 Å². The maximum Gasteiger partial charge on any atom is 0.136 e. The third-order valence-corrected chi connectivity index (χ3v) is 4.20. The number of rotatable bonds is 1. The highest BCUT2D eigenvalue weighted by Crippen LogP contribution is 2.34. The number of aliphatic hydroxyl groups excluding tert-OH is 1. The Morgan fingerprint density at radius 2 is 2.11 bits per heavy atom. The van der Waals surface area contributed by atoms with Crippen LogP contribution in [0.3, 0.4) is 0 Å². The first kappa shape index (κ1) is 11.1. The van der Waals surface area contributed by atoms with E-state index < -0.39 is 0 Å². The van der Waals surface area contributed by atoms with Crippen LogP contribution in [0.4, 0.5) is 0 Å². The van der Waals surface area contributed by atoms with Crippen molar-refractivity contribution in [3.8, 4) is 0 Å². The molecule has 0 saturated heterocycles. The molecule has 1 saturated carbocycles. The van der Waals surface area contributed by atoms with Crippen LogP contribution in [0.2, 0.25) is 0 Å². The Morgan fingerprint density at radius 1 is 1.21 bits per heavy atom. The van der Waals surface area contributed by atoms with Crippen LogP contribution in [0.1, 0.15) is 31.7 Å². The summed E-state index contributed by atoms with van der Waals surface area (Å²) >= 11 is 0. The number of benzene rings is 1. The largest absolute Gasteiger partial charge is 0.464 e. The quantitative estimate of drug-likeness (QED) is 0.727. The van der Waals surface area contributed by atoms with Crippen molar-refractivity contribution >= 4 is 21.9 Å². The summed E-state index contributed by atoms with van der Waals surface area (Å²) in [6.07, 6.45) is 7.42. The number of furan rings is 1. The van der Waals surface area contributed by atoms with Gasteiger partial charge in [-0.15, -0.1) is 0 Å². The average Bonchev–Trinajstić information content (AvgIpc) is 3.04. The Labute approximate surface area is 110 Å². The Hall–Kier alpha value is -1.81. The minimum absolute atomic E-state index is 0.0896. The second-order valence-corrected chi connectivity index (χ2v) is 5.34. The molecule has 3 aromatic rings. The molecule has 1 N–H and O–H groups in total. The fraction of sp³-hybridized carbons (Fsp3) is 0.400. The standard InChI is InChI=1S/C15H16N2O2/c18-13-4-2-1-3-12(13)17-15-10(9-16-17)5-6-14-11(15)7-8-19-14/h5-9,12-13,18H,1-4H2. The van der Waals surface area contributed by atoms with Crippen molar-refractivity contribution in [3.63, 3.8) is 0 Å². The van der Waals surface area contributed by atoms with E-state index in [4.69, 9.17) is 4.42 Å². The topological polar surface area (TPSA) is 51.2 Å². The van der Waals surface area contributed by atoms with E-state index in [2.05, 4.69) is 5.10 Å². The molecule has 19 heavy (non-hydrogen) atoms. The van der Waals surface area contributed by atoms with Crippen LogP contribution in [0.25, 0.3) is 21.9 Å². The first-order valence-corrected chi connectivity index (χ1v) is 6.86. The monoisotopic (exact) mass is 256 g/mol. The maximum absolute atomic E-state index is 10.2. The van der Waals surface area contributed by atoms with Crippen LogP contribution in [-0.4, -0.2) is 21.0 Å². The van der Waals surface area contributed by atoms with Crippen molar-refractivity contribution in [3.05, 3.63) is 30.7 Å². The summed E-state index contributed by atoms with van der Waals surface area (Å²) in [7, 11) is 0. The molecule has 4 nitrogen and oxygen atoms in total. The van der Waals surface area contributed by atoms with Gasteiger partial charge in [0, 0.05) is 10.8 Å². The molecule has 1 aliphatic carbocycles. The van der Waals surface area contributed by atoms with Gasteiger partial charge in [-0.2, -0.15) is 5.10 Å². The highest BCUT2D eigenvalue weighted by molar-refractivity contribution is 6.03. The molecule has 1 aliphatic rings. The van der Waals surface area contributed by atoms with Crippen molar-refractivity contribution in [2.45, 2.75) is 37.8 Å². The summed E-state index contributed by atoms with van der Waals surface area (Å²) in [5.74, 6) is 0. The number of nitrogens with zero attached hydrogens (tertiary/aromatic N) is 2. The molecule has 0 amide bonds. The van der Waals surface area contributed by atoms with Gasteiger partial charge in [0.1, 0.15) is 5.58 Å². The van der Waals surface area contributed by atoms with Crippen molar-refractivity contribution in [2.24, 2.45) is 0 Å². The SMILES string of the molecule is OC1CCCCC1n1ncc2ccc3occc3c21. The van der Waals surface area contributed by atoms with Gasteiger partial charge in [-0.3, -0.25) is 4.68 Å². The lowest BCUT2D eigenvalue weighted by molar-refractivity contribution is 0.0717. The lowest BCUT2D eigenvalue weighted by Crippen LogP contribution is -2.28. The molecular weight excluding hydrogens is 240 g/mol. The van der Waals surface area contributed by atoms with E-state index in [1.165, 1.54) is 0 Å². The predicted octanol–water partition coefficient (Wildman–Crippen LogP) is 3.26. The molecule has 2 aromatic heterocycles. The Bertz CT molecular complexity index is 728. The summed E-state index contributed by atoms with van der Waals surface area (Å²) in [6, 6.07) is 6.07. The lowest BCUT2D eigenvalue weighted by atomic mass is 9.92. The Balaban J connectivity index is 1.96. The number of aromatic nitrogens is 2. The van der Waals surface area contributed by atoms with E-state index in [1.54, 1.807) is 6.26 Å². The first-order chi connectivity index (χ1) is 9.34. The predicted molar refractivity (Wildman–Crippen MR) is 73.0 cm³/mol. The van der Waals surface area contributed by atoms with Crippen LogP contribution < -0.4 is 0 Å². The van der Waals surface area contributed by atoms with E-state index in [9.17, 15) is 5.11 Å². The van der Waals surface area contributed by atoms with Gasteiger partial charge in [-0.1, -0.05) is 12.8 Å². The van der Waals surface area contributed by atoms with E-state index in [-0.39, 0.29) is 12.1 Å². The third kappa shape index (κ3) is 1.60. The van der Waals surface area contributed by atoms with Crippen LogP contribution in [0.15, 0.2) is 35.1 Å². The summed E-state index contributed by atoms with van der Waals surface area (Å²) in [5, 5.41) is 16.9. The second kappa shape index (κ2) is 4.10. The fourth-order valence-corrected chi connectivity index (χ4v) is 3.22. The highest BCUT2D eigenvalue weighted by Gasteiger charge is 2.27. The number of hydrogen-bond donors (Lipinski definition) is 1. The van der Waals surface area contributed by atoms with E-state index >= 15 is 0 Å². The maximum atomic E-state index is 10.2. The zero-order valence-electron chi connectivity index (χ0n) is 10.6. The van der Waals surface area contributed by atoms with Crippen molar-refractivity contribution in [1.82, 2.24) is 9.78 Å². The molecule has 2 atom stereocenters. The molecule has 98 valence electrons. The highest BCUT2D eigenvalue weighted by atomic mass is 16.3. The molecule has 2 heterocycles. The minimum atomic E-state index is -0.293. The molecule has 1 aromatic carbocycles. The molecule has 0 aliphatic heterocycles. The molecule has 0 bridgehead atoms. The average molecular weight is 256 g/mol. The van der Waals surface area contributed by atoms with Gasteiger partial charge in [0.2, 0.25) is 0 Å². The van der Waals surface area contributed by atoms with E-state index in [0.717, 1.165) is 47.6 Å². The molecule has 0 spiro atoms. The molecule has 1 fully saturated rings. The van der Waals surface area contributed by atoms with Crippen LogP contribution in [-0.2, 0) is 0 Å². The minimum Gasteiger partial charge on any atom is -0.464 e. The number of fused-ring (bicyclic) bond motifs is 3. The van der Waals surface area contributed by atoms with Gasteiger partial charge < -0.3 is 9.52 Å². The first-order valence-electron chi connectivity index (χ1n) is 6.86. The molecule has 4 rings (SSSR count). The van der Waals surface area contributed by atoms with E-state index in [1.807, 2.05) is 29.1 Å². The van der Waals surface area contributed by atoms with Crippen LogP contribution >= 0.6 is 0 Å². The molecular formula is C15H16N2O2. The van der Waals surface area contributed by atoms with Gasteiger partial charge in [0.15, 0.2) is 0 Å². The van der Waals surface area contributed by atoms with Gasteiger partial charge in [0.05, 0.1) is 30.1 Å². The zero-order chi connectivity index (χ0) is 12.8. The van der Waals surface area contributed by atoms with Gasteiger partial charge in [-0.25, -0.2) is 0 Å². The fourth-order valence-electron chi connectivity index (χ4n) is 3.22. The Morgan fingerprint density at radius 3 is 3.00 bits per heavy atom. The van der Waals surface area contributed by atoms with Gasteiger partial charge in [-0.05, 0) is 31.0 Å². The van der Waals surface area contributed by atoms with E-state index in [0.29, 0.717) is 0 Å². The summed E-state index contributed by atoms with van der Waals surface area (Å²) in [6.45, 7) is 0. The zero-order valence-corrected chi connectivity index (χ0v) is 10.6. The summed E-state index contributed by atoms with van der Waals surface area (Å²) in [4.78, 5) is 0. The van der Waals surface area contributed by atoms with Crippen LogP contribution in [0, 0.1) is 0 Å². The smallest absolute Gasteiger partial charge is 0.136 e. The van der Waals surface area contributed by atoms with Crippen molar-refractivity contribution < 1.29 is 9.52 Å². The molecule has 0 radical (unpaired) electrons. The lowest BCUT2D eigenvalue weighted by Gasteiger charge is -2.28. The Kier molecular flexibility index (Phi) is 2.38. The second-order valence-electron chi connectivity index (χ2n) is 5.34. The molecule has 2 unspecified atom stereocenters. The van der Waals surface area contributed by atoms with Crippen LogP contribution in [0.5, 0.6) is 0 Å². The van der Waals surface area contributed by atoms with Gasteiger partial charge in [0.25, 0.3) is 0 Å². The number of hydrogen-bond acceptors (Lipinski definition) is 3. The third-order valence-electron chi connectivity index (χ3n) is 4.20. The molecule has 4 heteroatoms. The van der Waals surface area contributed by atoms with Crippen molar-refractivity contribution in [1.29, 1.82) is 0 Å². The normalized spacial score (nSPS) is 24.3. The number of aliphatic hydroxyl groups is 1.